The Kier molecular flexibility index (Phi) is 4.60. The van der Waals surface area contributed by atoms with E-state index in [0.29, 0.717) is 11.6 Å². The SMILES string of the molecule is CC1(C)CC(NC(=O)C2C3C=C[C@]4(CN(c5ccc(Cl)cc5)C(=O)C24)O3)CC(C)(C)N1. The van der Waals surface area contributed by atoms with Crippen molar-refractivity contribution >= 4 is 29.1 Å². The quantitative estimate of drug-likeness (QED) is 0.704. The first-order valence-electron chi connectivity index (χ1n) is 11.0. The molecule has 1 spiro atoms. The summed E-state index contributed by atoms with van der Waals surface area (Å²) in [4.78, 5) is 28.6. The molecule has 4 aliphatic rings. The summed E-state index contributed by atoms with van der Waals surface area (Å²) in [5.74, 6) is -1.14. The lowest BCUT2D eigenvalue weighted by Crippen LogP contribution is -2.62. The van der Waals surface area contributed by atoms with Gasteiger partial charge in [-0.25, -0.2) is 0 Å². The van der Waals surface area contributed by atoms with Crippen LogP contribution in [0.3, 0.4) is 0 Å². The summed E-state index contributed by atoms with van der Waals surface area (Å²) in [6.45, 7) is 9.07. The van der Waals surface area contributed by atoms with E-state index < -0.39 is 17.4 Å². The number of fused-ring (bicyclic) bond motifs is 1. The van der Waals surface area contributed by atoms with Crippen molar-refractivity contribution in [3.8, 4) is 0 Å². The van der Waals surface area contributed by atoms with Gasteiger partial charge in [0.25, 0.3) is 0 Å². The molecule has 4 atom stereocenters. The predicted octanol–water partition coefficient (Wildman–Crippen LogP) is 3.05. The Bertz CT molecular complexity index is 941. The van der Waals surface area contributed by atoms with E-state index in [2.05, 4.69) is 38.3 Å². The number of piperidine rings is 1. The van der Waals surface area contributed by atoms with Gasteiger partial charge in [0.15, 0.2) is 0 Å². The number of carbonyl (C=O) groups is 2. The summed E-state index contributed by atoms with van der Waals surface area (Å²) >= 11 is 6.01. The number of carbonyl (C=O) groups excluding carboxylic acids is 2. The fraction of sp³-hybridized carbons (Fsp3) is 0.583. The van der Waals surface area contributed by atoms with Crippen LogP contribution in [0.1, 0.15) is 40.5 Å². The smallest absolute Gasteiger partial charge is 0.234 e. The average molecular weight is 444 g/mol. The molecule has 3 unspecified atom stereocenters. The molecular formula is C24H30ClN3O3. The van der Waals surface area contributed by atoms with Gasteiger partial charge in [0.2, 0.25) is 11.8 Å². The number of anilines is 1. The van der Waals surface area contributed by atoms with E-state index >= 15 is 0 Å². The molecule has 0 aliphatic carbocycles. The van der Waals surface area contributed by atoms with Gasteiger partial charge in [0.1, 0.15) is 5.60 Å². The minimum absolute atomic E-state index is 0.0553. The van der Waals surface area contributed by atoms with Crippen molar-refractivity contribution in [2.75, 3.05) is 11.4 Å². The molecule has 4 heterocycles. The van der Waals surface area contributed by atoms with Gasteiger partial charge in [-0.2, -0.15) is 0 Å². The number of ether oxygens (including phenoxy) is 1. The summed E-state index contributed by atoms with van der Waals surface area (Å²) in [6, 6.07) is 7.27. The summed E-state index contributed by atoms with van der Waals surface area (Å²) in [7, 11) is 0. The Balaban J connectivity index is 1.37. The first-order chi connectivity index (χ1) is 14.5. The average Bonchev–Trinajstić information content (AvgIpc) is 3.28. The van der Waals surface area contributed by atoms with Crippen molar-refractivity contribution in [1.29, 1.82) is 0 Å². The van der Waals surface area contributed by atoms with Crippen LogP contribution >= 0.6 is 11.6 Å². The van der Waals surface area contributed by atoms with Gasteiger partial charge in [-0.05, 0) is 64.8 Å². The Morgan fingerprint density at radius 2 is 1.81 bits per heavy atom. The number of nitrogens with one attached hydrogen (secondary N) is 2. The van der Waals surface area contributed by atoms with E-state index in [1.807, 2.05) is 24.3 Å². The van der Waals surface area contributed by atoms with Gasteiger partial charge in [-0.3, -0.25) is 9.59 Å². The van der Waals surface area contributed by atoms with E-state index in [9.17, 15) is 9.59 Å². The monoisotopic (exact) mass is 443 g/mol. The minimum atomic E-state index is -0.726. The molecule has 1 aromatic rings. The second-order valence-electron chi connectivity index (χ2n) is 10.8. The van der Waals surface area contributed by atoms with Crippen LogP contribution in [0.4, 0.5) is 5.69 Å². The lowest BCUT2D eigenvalue weighted by molar-refractivity contribution is -0.132. The molecular weight excluding hydrogens is 414 g/mol. The third-order valence-corrected chi connectivity index (χ3v) is 7.33. The number of nitrogens with zero attached hydrogens (tertiary/aromatic N) is 1. The highest BCUT2D eigenvalue weighted by Gasteiger charge is 2.67. The van der Waals surface area contributed by atoms with E-state index in [0.717, 1.165) is 18.5 Å². The van der Waals surface area contributed by atoms with E-state index in [1.54, 1.807) is 17.0 Å². The molecule has 6 nitrogen and oxygen atoms in total. The molecule has 1 aromatic carbocycles. The van der Waals surface area contributed by atoms with Crippen molar-refractivity contribution in [2.45, 2.75) is 69.4 Å². The maximum absolute atomic E-state index is 13.5. The Morgan fingerprint density at radius 3 is 2.45 bits per heavy atom. The van der Waals surface area contributed by atoms with Gasteiger partial charge in [-0.15, -0.1) is 0 Å². The molecule has 3 saturated heterocycles. The fourth-order valence-electron chi connectivity index (χ4n) is 6.36. The fourth-order valence-corrected chi connectivity index (χ4v) is 6.48. The van der Waals surface area contributed by atoms with Crippen molar-refractivity contribution in [3.05, 3.63) is 41.4 Å². The standard InChI is InChI=1S/C24H30ClN3O3/c1-22(2)11-15(12-23(3,4)27-22)26-20(29)18-17-9-10-24(31-17)13-28(21(30)19(18)24)16-7-5-14(25)6-8-16/h5-10,15,17-19,27H,11-13H2,1-4H3,(H,26,29)/t17?,18?,19?,24-/m1/s1. The number of amides is 2. The zero-order valence-electron chi connectivity index (χ0n) is 18.4. The Labute approximate surface area is 188 Å². The number of benzene rings is 1. The van der Waals surface area contributed by atoms with E-state index in [4.69, 9.17) is 16.3 Å². The molecule has 0 saturated carbocycles. The van der Waals surface area contributed by atoms with Gasteiger partial charge in [-0.1, -0.05) is 23.8 Å². The molecule has 4 aliphatic heterocycles. The maximum atomic E-state index is 13.5. The van der Waals surface area contributed by atoms with Crippen molar-refractivity contribution in [2.24, 2.45) is 11.8 Å². The molecule has 2 bridgehead atoms. The maximum Gasteiger partial charge on any atom is 0.234 e. The summed E-state index contributed by atoms with van der Waals surface area (Å²) in [5.41, 5.74) is -0.0865. The van der Waals surface area contributed by atoms with Crippen LogP contribution in [0.15, 0.2) is 36.4 Å². The molecule has 0 radical (unpaired) electrons. The number of hydrogen-bond acceptors (Lipinski definition) is 4. The minimum Gasteiger partial charge on any atom is -0.360 e. The Morgan fingerprint density at radius 1 is 1.16 bits per heavy atom. The predicted molar refractivity (Wildman–Crippen MR) is 120 cm³/mol. The van der Waals surface area contributed by atoms with Crippen LogP contribution in [-0.2, 0) is 14.3 Å². The zero-order valence-corrected chi connectivity index (χ0v) is 19.2. The first kappa shape index (κ1) is 21.0. The third-order valence-electron chi connectivity index (χ3n) is 7.08. The molecule has 2 amide bonds. The number of halogens is 1. The molecule has 3 fully saturated rings. The summed E-state index contributed by atoms with van der Waals surface area (Å²) in [5, 5.41) is 7.53. The largest absolute Gasteiger partial charge is 0.360 e. The molecule has 7 heteroatoms. The zero-order chi connectivity index (χ0) is 22.2. The van der Waals surface area contributed by atoms with Gasteiger partial charge in [0.05, 0.1) is 24.5 Å². The molecule has 0 aromatic heterocycles. The lowest BCUT2D eigenvalue weighted by atomic mass is 9.75. The first-order valence-corrected chi connectivity index (χ1v) is 11.4. The van der Waals surface area contributed by atoms with Crippen LogP contribution in [0, 0.1) is 11.8 Å². The van der Waals surface area contributed by atoms with Gasteiger partial charge < -0.3 is 20.3 Å². The normalized spacial score (nSPS) is 35.5. The molecule has 2 N–H and O–H groups in total. The second kappa shape index (κ2) is 6.80. The topological polar surface area (TPSA) is 70.7 Å². The van der Waals surface area contributed by atoms with Crippen LogP contribution < -0.4 is 15.5 Å². The number of rotatable bonds is 3. The highest BCUT2D eigenvalue weighted by molar-refractivity contribution is 6.30. The van der Waals surface area contributed by atoms with Crippen LogP contribution in [-0.4, -0.2) is 47.2 Å². The number of hydrogen-bond donors (Lipinski definition) is 2. The van der Waals surface area contributed by atoms with Crippen molar-refractivity contribution < 1.29 is 14.3 Å². The van der Waals surface area contributed by atoms with Crippen LogP contribution in [0.25, 0.3) is 0 Å². The summed E-state index contributed by atoms with van der Waals surface area (Å²) < 4.78 is 6.26. The van der Waals surface area contributed by atoms with Gasteiger partial charge in [0, 0.05) is 27.8 Å². The third kappa shape index (κ3) is 3.49. The van der Waals surface area contributed by atoms with Crippen molar-refractivity contribution in [1.82, 2.24) is 10.6 Å². The van der Waals surface area contributed by atoms with Gasteiger partial charge >= 0.3 is 0 Å². The molecule has 5 rings (SSSR count). The van der Waals surface area contributed by atoms with E-state index in [-0.39, 0.29) is 35.0 Å². The second-order valence-corrected chi connectivity index (χ2v) is 11.2. The highest BCUT2D eigenvalue weighted by atomic mass is 35.5. The molecule has 31 heavy (non-hydrogen) atoms. The van der Waals surface area contributed by atoms with Crippen LogP contribution in [0.2, 0.25) is 5.02 Å². The van der Waals surface area contributed by atoms with E-state index in [1.165, 1.54) is 0 Å². The summed E-state index contributed by atoms with van der Waals surface area (Å²) in [6.07, 6.45) is 5.28. The Hall–Kier alpha value is -1.89. The van der Waals surface area contributed by atoms with Crippen molar-refractivity contribution in [3.63, 3.8) is 0 Å². The van der Waals surface area contributed by atoms with Crippen LogP contribution in [0.5, 0.6) is 0 Å². The molecule has 166 valence electrons. The highest BCUT2D eigenvalue weighted by Crippen LogP contribution is 2.52. The lowest BCUT2D eigenvalue weighted by Gasteiger charge is -2.47.